The van der Waals surface area contributed by atoms with Gasteiger partial charge in [0, 0.05) is 55.2 Å². The monoisotopic (exact) mass is 575 g/mol. The number of para-hydroxylation sites is 1. The SMILES string of the molecule is CCOC1CC=C(Cl)C=C1NC(O)CC(C)(C)C=C1OC1NC(=C(CCN(C)C)NC)C(O)Nc1ccccc1. The van der Waals surface area contributed by atoms with Gasteiger partial charge in [-0.3, -0.25) is 0 Å². The lowest BCUT2D eigenvalue weighted by Crippen LogP contribution is -2.38. The molecule has 4 atom stereocenters. The lowest BCUT2D eigenvalue weighted by molar-refractivity contribution is 0.0605. The number of allylic oxidation sites excluding steroid dienone is 3. The smallest absolute Gasteiger partial charge is 0.227 e. The molecule has 4 unspecified atom stereocenters. The summed E-state index contributed by atoms with van der Waals surface area (Å²) in [5, 5.41) is 35.6. The van der Waals surface area contributed by atoms with Crippen molar-refractivity contribution in [3.63, 3.8) is 0 Å². The van der Waals surface area contributed by atoms with E-state index in [1.54, 1.807) is 0 Å². The Hall–Kier alpha value is -2.69. The van der Waals surface area contributed by atoms with Gasteiger partial charge in [-0.15, -0.1) is 0 Å². The van der Waals surface area contributed by atoms with Gasteiger partial charge in [0.25, 0.3) is 0 Å². The van der Waals surface area contributed by atoms with Crippen LogP contribution >= 0.6 is 11.6 Å². The molecule has 3 rings (SSSR count). The summed E-state index contributed by atoms with van der Waals surface area (Å²) in [6.07, 6.45) is 5.26. The Labute approximate surface area is 243 Å². The second kappa shape index (κ2) is 14.8. The van der Waals surface area contributed by atoms with Crippen molar-refractivity contribution >= 4 is 17.3 Å². The highest BCUT2D eigenvalue weighted by atomic mass is 35.5. The van der Waals surface area contributed by atoms with E-state index in [2.05, 4.69) is 26.2 Å². The van der Waals surface area contributed by atoms with E-state index < -0.39 is 12.5 Å². The van der Waals surface area contributed by atoms with Crippen molar-refractivity contribution in [1.82, 2.24) is 20.9 Å². The molecule has 0 spiro atoms. The Morgan fingerprint density at radius 1 is 1.23 bits per heavy atom. The molecule has 9 nitrogen and oxygen atoms in total. The van der Waals surface area contributed by atoms with Crippen molar-refractivity contribution in [3.8, 4) is 0 Å². The summed E-state index contributed by atoms with van der Waals surface area (Å²) >= 11 is 6.21. The van der Waals surface area contributed by atoms with Crippen LogP contribution in [0.1, 0.15) is 40.0 Å². The average molecular weight is 576 g/mol. The molecule has 0 saturated carbocycles. The normalized spacial score (nSPS) is 22.0. The molecular formula is C30H46ClN5O4. The maximum atomic E-state index is 11.1. The van der Waals surface area contributed by atoms with Crippen LogP contribution < -0.4 is 21.3 Å². The minimum atomic E-state index is -0.973. The van der Waals surface area contributed by atoms with Crippen molar-refractivity contribution in [3.05, 3.63) is 76.4 Å². The van der Waals surface area contributed by atoms with Crippen LogP contribution in [0.5, 0.6) is 0 Å². The van der Waals surface area contributed by atoms with Crippen LogP contribution in [0.2, 0.25) is 0 Å². The zero-order chi connectivity index (χ0) is 29.3. The zero-order valence-corrected chi connectivity index (χ0v) is 25.3. The number of aliphatic hydroxyl groups excluding tert-OH is 2. The third-order valence-electron chi connectivity index (χ3n) is 6.65. The van der Waals surface area contributed by atoms with Crippen LogP contribution in [0.3, 0.4) is 0 Å². The lowest BCUT2D eigenvalue weighted by Gasteiger charge is -2.29. The molecule has 1 aliphatic carbocycles. The van der Waals surface area contributed by atoms with Gasteiger partial charge in [-0.25, -0.2) is 0 Å². The maximum Gasteiger partial charge on any atom is 0.227 e. The predicted octanol–water partition coefficient (Wildman–Crippen LogP) is 3.77. The first-order valence-electron chi connectivity index (χ1n) is 13.9. The molecule has 0 radical (unpaired) electrons. The molecule has 2 aliphatic rings. The second-order valence-corrected chi connectivity index (χ2v) is 11.5. The van der Waals surface area contributed by atoms with Gasteiger partial charge < -0.3 is 45.9 Å². The number of rotatable bonds is 16. The van der Waals surface area contributed by atoms with E-state index in [0.717, 1.165) is 29.4 Å². The number of aliphatic hydroxyl groups is 2. The summed E-state index contributed by atoms with van der Waals surface area (Å²) in [5.74, 6) is 0.764. The van der Waals surface area contributed by atoms with Crippen LogP contribution in [-0.2, 0) is 9.47 Å². The number of hydrogen-bond donors (Lipinski definition) is 6. The van der Waals surface area contributed by atoms with Gasteiger partial charge in [0.15, 0.2) is 12.0 Å². The predicted molar refractivity (Wildman–Crippen MR) is 161 cm³/mol. The number of benzene rings is 1. The summed E-state index contributed by atoms with van der Waals surface area (Å²) < 4.78 is 11.7. The summed E-state index contributed by atoms with van der Waals surface area (Å²) in [4.78, 5) is 2.09. The topological polar surface area (TPSA) is 114 Å². The second-order valence-electron chi connectivity index (χ2n) is 11.0. The number of hydrogen-bond acceptors (Lipinski definition) is 9. The van der Waals surface area contributed by atoms with E-state index in [0.29, 0.717) is 36.6 Å². The first kappa shape index (κ1) is 31.8. The Morgan fingerprint density at radius 3 is 2.60 bits per heavy atom. The van der Waals surface area contributed by atoms with Crippen molar-refractivity contribution in [1.29, 1.82) is 0 Å². The number of nitrogens with zero attached hydrogens (tertiary/aromatic N) is 1. The molecule has 0 amide bonds. The summed E-state index contributed by atoms with van der Waals surface area (Å²) in [7, 11) is 5.88. The Morgan fingerprint density at radius 2 is 1.95 bits per heavy atom. The first-order valence-corrected chi connectivity index (χ1v) is 14.2. The number of epoxide rings is 1. The highest BCUT2D eigenvalue weighted by molar-refractivity contribution is 6.31. The largest absolute Gasteiger partial charge is 0.462 e. The Bertz CT molecular complexity index is 1090. The van der Waals surface area contributed by atoms with Crippen molar-refractivity contribution in [2.45, 2.75) is 64.8 Å². The van der Waals surface area contributed by atoms with Gasteiger partial charge in [0.2, 0.25) is 6.23 Å². The van der Waals surface area contributed by atoms with E-state index in [1.165, 1.54) is 0 Å². The minimum Gasteiger partial charge on any atom is -0.462 e. The zero-order valence-electron chi connectivity index (χ0n) is 24.5. The quantitative estimate of drug-likeness (QED) is 0.129. The molecule has 222 valence electrons. The minimum absolute atomic E-state index is 0.154. The molecule has 1 saturated heterocycles. The molecule has 10 heteroatoms. The molecule has 0 aromatic heterocycles. The highest BCUT2D eigenvalue weighted by Crippen LogP contribution is 2.35. The van der Waals surface area contributed by atoms with Gasteiger partial charge >= 0.3 is 0 Å². The third-order valence-corrected chi connectivity index (χ3v) is 6.91. The van der Waals surface area contributed by atoms with Gasteiger partial charge in [0.1, 0.15) is 12.3 Å². The first-order chi connectivity index (χ1) is 19.0. The molecule has 0 bridgehead atoms. The van der Waals surface area contributed by atoms with Crippen molar-refractivity contribution < 1.29 is 19.7 Å². The van der Waals surface area contributed by atoms with Gasteiger partial charge in [0.05, 0.1) is 5.70 Å². The van der Waals surface area contributed by atoms with E-state index in [4.69, 9.17) is 21.1 Å². The molecular weight excluding hydrogens is 530 g/mol. The third kappa shape index (κ3) is 10.1. The molecule has 1 fully saturated rings. The van der Waals surface area contributed by atoms with E-state index >= 15 is 0 Å². The fourth-order valence-electron chi connectivity index (χ4n) is 4.61. The van der Waals surface area contributed by atoms with E-state index in [-0.39, 0.29) is 17.7 Å². The van der Waals surface area contributed by atoms with Gasteiger partial charge in [-0.1, -0.05) is 49.7 Å². The Balaban J connectivity index is 1.67. The summed E-state index contributed by atoms with van der Waals surface area (Å²) in [6.45, 7) is 7.43. The van der Waals surface area contributed by atoms with Crippen LogP contribution in [0.4, 0.5) is 5.69 Å². The molecule has 40 heavy (non-hydrogen) atoms. The number of nitrogens with one attached hydrogen (secondary N) is 4. The van der Waals surface area contributed by atoms with Crippen molar-refractivity contribution in [2.24, 2.45) is 5.41 Å². The average Bonchev–Trinajstić information content (AvgIpc) is 3.61. The van der Waals surface area contributed by atoms with E-state index in [9.17, 15) is 10.2 Å². The fraction of sp³-hybridized carbons (Fsp3) is 0.533. The summed E-state index contributed by atoms with van der Waals surface area (Å²) in [6, 6.07) is 9.58. The Kier molecular flexibility index (Phi) is 11.8. The van der Waals surface area contributed by atoms with Crippen LogP contribution in [-0.4, -0.2) is 74.2 Å². The lowest BCUT2D eigenvalue weighted by atomic mass is 9.87. The highest BCUT2D eigenvalue weighted by Gasteiger charge is 2.38. The van der Waals surface area contributed by atoms with Crippen LogP contribution in [0.25, 0.3) is 0 Å². The van der Waals surface area contributed by atoms with Gasteiger partial charge in [-0.2, -0.15) is 0 Å². The molecule has 1 aromatic rings. The maximum absolute atomic E-state index is 11.1. The van der Waals surface area contributed by atoms with Crippen molar-refractivity contribution in [2.75, 3.05) is 39.6 Å². The number of ether oxygens (including phenoxy) is 2. The van der Waals surface area contributed by atoms with Crippen LogP contribution in [0, 0.1) is 5.41 Å². The van der Waals surface area contributed by atoms with E-state index in [1.807, 2.05) is 90.5 Å². The fourth-order valence-corrected chi connectivity index (χ4v) is 4.81. The molecule has 1 heterocycles. The molecule has 1 aromatic carbocycles. The number of anilines is 1. The number of halogens is 1. The van der Waals surface area contributed by atoms with Gasteiger partial charge in [-0.05, 0) is 57.1 Å². The molecule has 6 N–H and O–H groups in total. The summed E-state index contributed by atoms with van der Waals surface area (Å²) in [5.41, 5.74) is 2.71. The standard InChI is InChI=1S/C30H46ClN5O4/c1-7-39-24-14-13-20(31)17-23(24)34-26(37)19-30(2,3)18-25-29(40-25)35-27(22(32-4)15-16-36(5)6)28(38)33-21-11-9-8-10-12-21/h8-13,17-18,24,26,28-29,32-35,37-38H,7,14-16,19H2,1-6H3. The molecule has 1 aliphatic heterocycles. The van der Waals surface area contributed by atoms with Crippen LogP contribution in [0.15, 0.2) is 76.4 Å².